The molecule has 2 aromatic carbocycles. The van der Waals surface area contributed by atoms with Gasteiger partial charge in [-0.3, -0.25) is 5.32 Å². The summed E-state index contributed by atoms with van der Waals surface area (Å²) in [5, 5.41) is 2.59. The third-order valence-electron chi connectivity index (χ3n) is 3.06. The third-order valence-corrected chi connectivity index (χ3v) is 3.06. The van der Waals surface area contributed by atoms with E-state index in [1.165, 1.54) is 6.07 Å². The Morgan fingerprint density at radius 3 is 2.30 bits per heavy atom. The van der Waals surface area contributed by atoms with Crippen molar-refractivity contribution >= 4 is 0 Å². The largest absolute Gasteiger partial charge is 0.407 e. The van der Waals surface area contributed by atoms with Crippen LogP contribution in [0.1, 0.15) is 22.7 Å². The zero-order valence-corrected chi connectivity index (χ0v) is 11.1. The summed E-state index contributed by atoms with van der Waals surface area (Å²) in [6.07, 6.45) is -4.32. The lowest BCUT2D eigenvalue weighted by Crippen LogP contribution is -2.33. The van der Waals surface area contributed by atoms with Crippen molar-refractivity contribution in [2.45, 2.75) is 25.7 Å². The van der Waals surface area contributed by atoms with Gasteiger partial charge >= 0.3 is 6.18 Å². The molecule has 0 aromatic heterocycles. The number of benzene rings is 2. The number of aryl methyl sites for hydroxylation is 1. The van der Waals surface area contributed by atoms with Crippen molar-refractivity contribution in [1.29, 1.82) is 0 Å². The Bertz CT molecular complexity index is 549. The molecule has 0 heterocycles. The molecule has 1 atom stereocenters. The van der Waals surface area contributed by atoms with Crippen molar-refractivity contribution < 1.29 is 13.2 Å². The minimum absolute atomic E-state index is 0.180. The zero-order valence-electron chi connectivity index (χ0n) is 11.1. The van der Waals surface area contributed by atoms with Gasteiger partial charge < -0.3 is 0 Å². The lowest BCUT2D eigenvalue weighted by molar-refractivity contribution is -0.158. The van der Waals surface area contributed by atoms with Crippen LogP contribution in [0.3, 0.4) is 0 Å². The minimum atomic E-state index is -4.32. The Balaban J connectivity index is 2.17. The third kappa shape index (κ3) is 3.84. The molecule has 0 saturated heterocycles. The fraction of sp³-hybridized carbons (Fsp3) is 0.250. The van der Waals surface area contributed by atoms with Gasteiger partial charge in [0.05, 0.1) is 0 Å². The first-order valence-corrected chi connectivity index (χ1v) is 6.37. The highest BCUT2D eigenvalue weighted by Crippen LogP contribution is 2.33. The topological polar surface area (TPSA) is 12.0 Å². The van der Waals surface area contributed by atoms with Gasteiger partial charge in [-0.1, -0.05) is 60.2 Å². The average molecular weight is 279 g/mol. The van der Waals surface area contributed by atoms with Crippen LogP contribution in [0.25, 0.3) is 0 Å². The molecule has 0 amide bonds. The van der Waals surface area contributed by atoms with Crippen molar-refractivity contribution in [2.75, 3.05) is 0 Å². The van der Waals surface area contributed by atoms with E-state index in [2.05, 4.69) is 5.32 Å². The molecule has 2 aromatic rings. The molecule has 4 heteroatoms. The molecule has 20 heavy (non-hydrogen) atoms. The monoisotopic (exact) mass is 279 g/mol. The maximum absolute atomic E-state index is 13.2. The van der Waals surface area contributed by atoms with Crippen LogP contribution in [0.2, 0.25) is 0 Å². The number of halogens is 3. The van der Waals surface area contributed by atoms with Gasteiger partial charge in [-0.2, -0.15) is 13.2 Å². The summed E-state index contributed by atoms with van der Waals surface area (Å²) < 4.78 is 39.5. The summed E-state index contributed by atoms with van der Waals surface area (Å²) >= 11 is 0. The van der Waals surface area contributed by atoms with Crippen molar-refractivity contribution in [1.82, 2.24) is 5.32 Å². The summed E-state index contributed by atoms with van der Waals surface area (Å²) in [6.45, 7) is 1.97. The summed E-state index contributed by atoms with van der Waals surface area (Å²) in [4.78, 5) is 0. The van der Waals surface area contributed by atoms with Crippen LogP contribution in [0.4, 0.5) is 13.2 Å². The number of hydrogen-bond acceptors (Lipinski definition) is 1. The van der Waals surface area contributed by atoms with Crippen molar-refractivity contribution in [2.24, 2.45) is 0 Å². The Kier molecular flexibility index (Phi) is 4.45. The number of rotatable bonds is 4. The van der Waals surface area contributed by atoms with Crippen LogP contribution in [-0.4, -0.2) is 6.18 Å². The molecule has 1 nitrogen and oxygen atoms in total. The van der Waals surface area contributed by atoms with E-state index in [0.29, 0.717) is 0 Å². The van der Waals surface area contributed by atoms with Crippen molar-refractivity contribution in [3.8, 4) is 0 Å². The van der Waals surface area contributed by atoms with Crippen LogP contribution < -0.4 is 5.32 Å². The van der Waals surface area contributed by atoms with Gasteiger partial charge in [0.25, 0.3) is 0 Å². The number of nitrogens with one attached hydrogen (secondary N) is 1. The van der Waals surface area contributed by atoms with Crippen molar-refractivity contribution in [3.05, 3.63) is 71.3 Å². The Hall–Kier alpha value is -1.81. The van der Waals surface area contributed by atoms with Gasteiger partial charge in [0.2, 0.25) is 0 Å². The maximum atomic E-state index is 13.2. The Morgan fingerprint density at radius 1 is 1.00 bits per heavy atom. The molecule has 0 spiro atoms. The molecular formula is C16H16F3N. The van der Waals surface area contributed by atoms with Gasteiger partial charge in [0.1, 0.15) is 6.04 Å². The second kappa shape index (κ2) is 6.09. The van der Waals surface area contributed by atoms with Crippen LogP contribution in [0.15, 0.2) is 54.6 Å². The standard InChI is InChI=1S/C16H16F3N/c1-12-6-5-9-14(10-12)15(16(17,18)19)20-11-13-7-3-2-4-8-13/h2-10,15,20H,11H2,1H3. The summed E-state index contributed by atoms with van der Waals surface area (Å²) in [7, 11) is 0. The maximum Gasteiger partial charge on any atom is 0.407 e. The quantitative estimate of drug-likeness (QED) is 0.875. The van der Waals surface area contributed by atoms with Crippen LogP contribution in [0, 0.1) is 6.92 Å². The van der Waals surface area contributed by atoms with Crippen LogP contribution >= 0.6 is 0 Å². The number of alkyl halides is 3. The molecule has 2 rings (SSSR count). The normalized spacial score (nSPS) is 13.2. The van der Waals surface area contributed by atoms with E-state index in [9.17, 15) is 13.2 Å². The first kappa shape index (κ1) is 14.6. The first-order valence-electron chi connectivity index (χ1n) is 6.37. The molecule has 0 aliphatic rings. The smallest absolute Gasteiger partial charge is 0.298 e. The molecule has 1 unspecified atom stereocenters. The average Bonchev–Trinajstić information content (AvgIpc) is 2.39. The molecule has 106 valence electrons. The number of hydrogen-bond donors (Lipinski definition) is 1. The zero-order chi connectivity index (χ0) is 14.6. The van der Waals surface area contributed by atoms with Gasteiger partial charge in [-0.05, 0) is 18.1 Å². The predicted molar refractivity (Wildman–Crippen MR) is 73.3 cm³/mol. The first-order chi connectivity index (χ1) is 9.47. The van der Waals surface area contributed by atoms with E-state index in [1.807, 2.05) is 18.2 Å². The lowest BCUT2D eigenvalue weighted by Gasteiger charge is -2.22. The van der Waals surface area contributed by atoms with Gasteiger partial charge in [-0.15, -0.1) is 0 Å². The molecule has 0 aliphatic carbocycles. The molecular weight excluding hydrogens is 263 g/mol. The molecule has 0 fully saturated rings. The highest BCUT2D eigenvalue weighted by Gasteiger charge is 2.40. The second-order valence-electron chi connectivity index (χ2n) is 4.76. The molecule has 0 bridgehead atoms. The highest BCUT2D eigenvalue weighted by molar-refractivity contribution is 5.26. The highest BCUT2D eigenvalue weighted by atomic mass is 19.4. The molecule has 0 aliphatic heterocycles. The summed E-state index contributed by atoms with van der Waals surface area (Å²) in [5.41, 5.74) is 1.89. The van der Waals surface area contributed by atoms with Crippen LogP contribution in [0.5, 0.6) is 0 Å². The SMILES string of the molecule is Cc1cccc(C(NCc2ccccc2)C(F)(F)F)c1. The second-order valence-corrected chi connectivity index (χ2v) is 4.76. The van der Waals surface area contributed by atoms with E-state index < -0.39 is 12.2 Å². The van der Waals surface area contributed by atoms with Crippen molar-refractivity contribution in [3.63, 3.8) is 0 Å². The molecule has 1 N–H and O–H groups in total. The van der Waals surface area contributed by atoms with E-state index in [-0.39, 0.29) is 12.1 Å². The van der Waals surface area contributed by atoms with Gasteiger partial charge in [0.15, 0.2) is 0 Å². The summed E-state index contributed by atoms with van der Waals surface area (Å²) in [6, 6.07) is 13.9. The minimum Gasteiger partial charge on any atom is -0.298 e. The van der Waals surface area contributed by atoms with Crippen LogP contribution in [-0.2, 0) is 6.54 Å². The van der Waals surface area contributed by atoms with E-state index in [0.717, 1.165) is 11.1 Å². The fourth-order valence-corrected chi connectivity index (χ4v) is 2.09. The molecule has 0 radical (unpaired) electrons. The Labute approximate surface area is 116 Å². The lowest BCUT2D eigenvalue weighted by atomic mass is 10.0. The fourth-order valence-electron chi connectivity index (χ4n) is 2.09. The van der Waals surface area contributed by atoms with Gasteiger partial charge in [0, 0.05) is 6.54 Å². The van der Waals surface area contributed by atoms with E-state index >= 15 is 0 Å². The van der Waals surface area contributed by atoms with Gasteiger partial charge in [-0.25, -0.2) is 0 Å². The Morgan fingerprint density at radius 2 is 1.70 bits per heavy atom. The van der Waals surface area contributed by atoms with E-state index in [1.54, 1.807) is 37.3 Å². The molecule has 0 saturated carbocycles. The van der Waals surface area contributed by atoms with E-state index in [4.69, 9.17) is 0 Å². The predicted octanol–water partition coefficient (Wildman–Crippen LogP) is 4.39. The summed E-state index contributed by atoms with van der Waals surface area (Å²) in [5.74, 6) is 0.